The summed E-state index contributed by atoms with van der Waals surface area (Å²) in [5, 5.41) is 8.06. The molecule has 1 N–H and O–H groups in total. The largest absolute Gasteiger partial charge is 0.383 e. The maximum atomic E-state index is 13.2. The molecule has 4 heterocycles. The number of rotatable bonds is 5. The molecule has 0 saturated heterocycles. The molecule has 1 fully saturated rings. The molecule has 0 radical (unpaired) electrons. The van der Waals surface area contributed by atoms with Crippen LogP contribution in [-0.2, 0) is 11.3 Å². The third-order valence-electron chi connectivity index (χ3n) is 6.05. The number of hydrogen-bond donors (Lipinski definition) is 1. The van der Waals surface area contributed by atoms with Gasteiger partial charge in [0.25, 0.3) is 17.1 Å². The van der Waals surface area contributed by atoms with Crippen LogP contribution in [0.15, 0.2) is 40.2 Å². The van der Waals surface area contributed by atoms with Crippen LogP contribution >= 0.6 is 0 Å². The van der Waals surface area contributed by atoms with Crippen molar-refractivity contribution in [1.82, 2.24) is 29.3 Å². The summed E-state index contributed by atoms with van der Waals surface area (Å²) < 4.78 is 8.04. The van der Waals surface area contributed by atoms with Crippen molar-refractivity contribution in [2.75, 3.05) is 13.7 Å². The molecule has 9 heteroatoms. The van der Waals surface area contributed by atoms with Crippen LogP contribution in [0.1, 0.15) is 43.8 Å². The van der Waals surface area contributed by atoms with Crippen LogP contribution in [0.4, 0.5) is 0 Å². The lowest BCUT2D eigenvalue weighted by Crippen LogP contribution is -2.23. The number of aromatic amines is 1. The van der Waals surface area contributed by atoms with E-state index in [1.165, 1.54) is 23.8 Å². The summed E-state index contributed by atoms with van der Waals surface area (Å²) in [5.74, 6) is 1.51. The van der Waals surface area contributed by atoms with Gasteiger partial charge in [-0.15, -0.1) is 5.10 Å². The average Bonchev–Trinajstić information content (AvgIpc) is 3.29. The Morgan fingerprint density at radius 2 is 1.77 bits per heavy atom. The Morgan fingerprint density at radius 1 is 1.03 bits per heavy atom. The number of nitrogens with one attached hydrogen (secondary N) is 1. The van der Waals surface area contributed by atoms with Gasteiger partial charge in [-0.25, -0.2) is 9.55 Å². The first-order chi connectivity index (χ1) is 15.2. The number of pyridine rings is 3. The van der Waals surface area contributed by atoms with Crippen molar-refractivity contribution >= 4 is 21.8 Å². The zero-order chi connectivity index (χ0) is 21.4. The van der Waals surface area contributed by atoms with Crippen molar-refractivity contribution in [1.29, 1.82) is 0 Å². The van der Waals surface area contributed by atoms with Gasteiger partial charge >= 0.3 is 0 Å². The molecule has 0 amide bonds. The van der Waals surface area contributed by atoms with Gasteiger partial charge in [0.1, 0.15) is 5.82 Å². The van der Waals surface area contributed by atoms with Crippen LogP contribution in [0.5, 0.6) is 0 Å². The molecule has 9 nitrogen and oxygen atoms in total. The number of aromatic nitrogens is 6. The Kier molecular flexibility index (Phi) is 5.11. The van der Waals surface area contributed by atoms with Crippen molar-refractivity contribution in [3.8, 4) is 5.95 Å². The first kappa shape index (κ1) is 19.6. The number of nitrogens with zero attached hydrogens (tertiary/aromatic N) is 5. The fraction of sp³-hybridized carbons (Fsp3) is 0.409. The van der Waals surface area contributed by atoms with E-state index in [2.05, 4.69) is 20.2 Å². The lowest BCUT2D eigenvalue weighted by Gasteiger charge is -2.18. The Labute approximate surface area is 177 Å². The molecule has 0 unspecified atom stereocenters. The number of hydrogen-bond acceptors (Lipinski definition) is 6. The van der Waals surface area contributed by atoms with Crippen LogP contribution in [-0.4, -0.2) is 43.0 Å². The predicted molar refractivity (Wildman–Crippen MR) is 117 cm³/mol. The summed E-state index contributed by atoms with van der Waals surface area (Å²) in [6, 6.07) is 5.16. The molecule has 0 aliphatic heterocycles. The maximum Gasteiger partial charge on any atom is 0.267 e. The summed E-state index contributed by atoms with van der Waals surface area (Å²) in [4.78, 5) is 35.2. The second-order valence-corrected chi connectivity index (χ2v) is 8.01. The second-order valence-electron chi connectivity index (χ2n) is 8.01. The lowest BCUT2D eigenvalue weighted by atomic mass is 9.89. The van der Waals surface area contributed by atoms with Crippen molar-refractivity contribution in [2.24, 2.45) is 0 Å². The number of ether oxygens (including phenoxy) is 1. The highest BCUT2D eigenvalue weighted by Crippen LogP contribution is 2.30. The molecule has 1 aliphatic carbocycles. The molecule has 4 aromatic heterocycles. The third kappa shape index (κ3) is 3.54. The smallest absolute Gasteiger partial charge is 0.267 e. The van der Waals surface area contributed by atoms with Crippen molar-refractivity contribution < 1.29 is 4.74 Å². The predicted octanol–water partition coefficient (Wildman–Crippen LogP) is 2.51. The summed E-state index contributed by atoms with van der Waals surface area (Å²) in [5.41, 5.74) is 0.593. The van der Waals surface area contributed by atoms with E-state index in [1.54, 1.807) is 42.3 Å². The summed E-state index contributed by atoms with van der Waals surface area (Å²) >= 11 is 0. The van der Waals surface area contributed by atoms with E-state index >= 15 is 0 Å². The maximum absolute atomic E-state index is 13.2. The van der Waals surface area contributed by atoms with Gasteiger partial charge in [0.15, 0.2) is 0 Å². The number of methoxy groups -OCH3 is 1. The van der Waals surface area contributed by atoms with Gasteiger partial charge in [-0.3, -0.25) is 14.7 Å². The Balaban J connectivity index is 1.59. The number of fused-ring (bicyclic) bond motifs is 2. The van der Waals surface area contributed by atoms with Crippen LogP contribution in [0.3, 0.4) is 0 Å². The Bertz CT molecular complexity index is 1360. The SMILES string of the molecule is COCCn1ccc2nc3ccn(-c4n[nH]c(C5CCCCC5)n4)c(=O)c3cc2c1=O. The van der Waals surface area contributed by atoms with Crippen LogP contribution in [0.25, 0.3) is 27.8 Å². The van der Waals surface area contributed by atoms with Crippen molar-refractivity contribution in [2.45, 2.75) is 44.6 Å². The molecular weight excluding hydrogens is 396 g/mol. The first-order valence-electron chi connectivity index (χ1n) is 10.6. The molecular formula is C22H24N6O3. The van der Waals surface area contributed by atoms with E-state index < -0.39 is 0 Å². The summed E-state index contributed by atoms with van der Waals surface area (Å²) in [6.07, 6.45) is 9.16. The van der Waals surface area contributed by atoms with Crippen LogP contribution in [0.2, 0.25) is 0 Å². The minimum Gasteiger partial charge on any atom is -0.383 e. The molecule has 0 atom stereocenters. The van der Waals surface area contributed by atoms with Gasteiger partial charge in [-0.2, -0.15) is 4.98 Å². The third-order valence-corrected chi connectivity index (χ3v) is 6.05. The topological polar surface area (TPSA) is 108 Å². The van der Waals surface area contributed by atoms with Crippen molar-refractivity contribution in [3.05, 3.63) is 57.1 Å². The highest BCUT2D eigenvalue weighted by molar-refractivity contribution is 5.91. The molecule has 5 rings (SSSR count). The molecule has 1 aliphatic rings. The molecule has 31 heavy (non-hydrogen) atoms. The van der Waals surface area contributed by atoms with E-state index in [0.29, 0.717) is 46.8 Å². The van der Waals surface area contributed by atoms with Crippen LogP contribution < -0.4 is 11.1 Å². The summed E-state index contributed by atoms with van der Waals surface area (Å²) in [7, 11) is 1.59. The van der Waals surface area contributed by atoms with E-state index in [0.717, 1.165) is 18.7 Å². The van der Waals surface area contributed by atoms with Gasteiger partial charge in [-0.05, 0) is 31.0 Å². The lowest BCUT2D eigenvalue weighted by molar-refractivity contribution is 0.186. The first-order valence-corrected chi connectivity index (χ1v) is 10.6. The van der Waals surface area contributed by atoms with Crippen LogP contribution in [0, 0.1) is 0 Å². The fourth-order valence-corrected chi connectivity index (χ4v) is 4.32. The Morgan fingerprint density at radius 3 is 2.55 bits per heavy atom. The standard InChI is InChI=1S/C22H24N6O3/c1-31-12-11-27-9-7-17-15(20(27)29)13-16-18(23-17)8-10-28(21(16)30)22-24-19(25-26-22)14-5-3-2-4-6-14/h7-10,13-14H,2-6,11-12H2,1H3,(H,24,25,26). The molecule has 0 spiro atoms. The normalized spacial score (nSPS) is 15.1. The molecule has 160 valence electrons. The van der Waals surface area contributed by atoms with Gasteiger partial charge in [0, 0.05) is 32.0 Å². The quantitative estimate of drug-likeness (QED) is 0.497. The highest BCUT2D eigenvalue weighted by atomic mass is 16.5. The number of H-pyrrole nitrogens is 1. The molecule has 0 aromatic carbocycles. The molecule has 1 saturated carbocycles. The zero-order valence-corrected chi connectivity index (χ0v) is 17.4. The van der Waals surface area contributed by atoms with E-state index in [9.17, 15) is 9.59 Å². The van der Waals surface area contributed by atoms with E-state index in [4.69, 9.17) is 4.74 Å². The minimum atomic E-state index is -0.298. The molecule has 4 aromatic rings. The monoisotopic (exact) mass is 420 g/mol. The average molecular weight is 420 g/mol. The van der Waals surface area contributed by atoms with Crippen molar-refractivity contribution in [3.63, 3.8) is 0 Å². The fourth-order valence-electron chi connectivity index (χ4n) is 4.32. The van der Waals surface area contributed by atoms with Gasteiger partial charge in [0.2, 0.25) is 0 Å². The second kappa shape index (κ2) is 8.07. The van der Waals surface area contributed by atoms with E-state index in [-0.39, 0.29) is 11.1 Å². The Hall–Kier alpha value is -3.33. The highest BCUT2D eigenvalue weighted by Gasteiger charge is 2.20. The molecule has 0 bridgehead atoms. The minimum absolute atomic E-state index is 0.198. The van der Waals surface area contributed by atoms with E-state index in [1.807, 2.05) is 0 Å². The van der Waals surface area contributed by atoms with Gasteiger partial charge < -0.3 is 9.30 Å². The summed E-state index contributed by atoms with van der Waals surface area (Å²) in [6.45, 7) is 0.858. The van der Waals surface area contributed by atoms with Gasteiger partial charge in [0.05, 0.1) is 28.4 Å². The van der Waals surface area contributed by atoms with Gasteiger partial charge in [-0.1, -0.05) is 19.3 Å². The zero-order valence-electron chi connectivity index (χ0n) is 17.4.